The molecule has 3 N–H and O–H groups in total. The van der Waals surface area contributed by atoms with Gasteiger partial charge in [0.2, 0.25) is 0 Å². The third-order valence-corrected chi connectivity index (χ3v) is 5.31. The Kier molecular flexibility index (Phi) is 5.96. The molecule has 2 saturated heterocycles. The summed E-state index contributed by atoms with van der Waals surface area (Å²) in [6.07, 6.45) is 4.86. The Balaban J connectivity index is 1.90. The van der Waals surface area contributed by atoms with Crippen LogP contribution in [0.4, 0.5) is 0 Å². The van der Waals surface area contributed by atoms with Gasteiger partial charge in [0, 0.05) is 12.6 Å². The molecule has 0 radical (unpaired) electrons. The molecule has 0 amide bonds. The maximum Gasteiger partial charge on any atom is 0.0701 e. The van der Waals surface area contributed by atoms with Crippen LogP contribution in [0.3, 0.4) is 0 Å². The van der Waals surface area contributed by atoms with Crippen molar-refractivity contribution in [3.63, 3.8) is 0 Å². The lowest BCUT2D eigenvalue weighted by atomic mass is 9.79. The monoisotopic (exact) mass is 288 g/mol. The largest absolute Gasteiger partial charge is 0.377 e. The van der Waals surface area contributed by atoms with Gasteiger partial charge in [0.25, 0.3) is 0 Å². The first-order chi connectivity index (χ1) is 9.15. The number of hydrogen-bond acceptors (Lipinski definition) is 5. The van der Waals surface area contributed by atoms with E-state index in [2.05, 4.69) is 19.3 Å². The molecule has 2 fully saturated rings. The summed E-state index contributed by atoms with van der Waals surface area (Å²) in [4.78, 5) is 0. The molecule has 2 heterocycles. The van der Waals surface area contributed by atoms with Gasteiger partial charge in [0.05, 0.1) is 18.3 Å². The molecule has 0 aliphatic carbocycles. The molecule has 0 aromatic rings. The fourth-order valence-corrected chi connectivity index (χ4v) is 4.35. The third kappa shape index (κ3) is 4.33. The molecule has 0 aromatic heterocycles. The van der Waals surface area contributed by atoms with Gasteiger partial charge in [0.1, 0.15) is 0 Å². The van der Waals surface area contributed by atoms with E-state index >= 15 is 0 Å². The number of rotatable bonds is 5. The van der Waals surface area contributed by atoms with Crippen molar-refractivity contribution < 1.29 is 9.47 Å². The molecule has 2 aliphatic rings. The molecule has 2 atom stereocenters. The van der Waals surface area contributed by atoms with E-state index in [0.717, 1.165) is 19.4 Å². The Morgan fingerprint density at radius 2 is 2.16 bits per heavy atom. The van der Waals surface area contributed by atoms with E-state index in [1.807, 2.05) is 11.8 Å². The van der Waals surface area contributed by atoms with Crippen LogP contribution in [0.1, 0.15) is 39.5 Å². The number of nitrogens with two attached hydrogens (primary N) is 1. The Morgan fingerprint density at radius 1 is 1.42 bits per heavy atom. The molecule has 2 aliphatic heterocycles. The maximum absolute atomic E-state index is 6.13. The molecule has 5 heteroatoms. The fraction of sp³-hybridized carbons (Fsp3) is 1.00. The van der Waals surface area contributed by atoms with Gasteiger partial charge in [-0.15, -0.1) is 0 Å². The molecule has 0 aromatic carbocycles. The fourth-order valence-electron chi connectivity index (χ4n) is 3.12. The van der Waals surface area contributed by atoms with Crippen LogP contribution in [-0.2, 0) is 9.47 Å². The summed E-state index contributed by atoms with van der Waals surface area (Å²) >= 11 is 2.05. The zero-order valence-electron chi connectivity index (χ0n) is 12.2. The summed E-state index contributed by atoms with van der Waals surface area (Å²) < 4.78 is 11.9. The molecule has 1 spiro atoms. The molecular formula is C14H28N2O2S. The normalized spacial score (nSPS) is 28.7. The van der Waals surface area contributed by atoms with Gasteiger partial charge in [-0.3, -0.25) is 11.3 Å². The van der Waals surface area contributed by atoms with Crippen LogP contribution in [0, 0.1) is 5.92 Å². The van der Waals surface area contributed by atoms with Gasteiger partial charge in [-0.25, -0.2) is 0 Å². The van der Waals surface area contributed by atoms with Crippen LogP contribution in [0.2, 0.25) is 0 Å². The van der Waals surface area contributed by atoms with E-state index in [0.29, 0.717) is 12.5 Å². The second-order valence-electron chi connectivity index (χ2n) is 6.05. The maximum atomic E-state index is 6.13. The quantitative estimate of drug-likeness (QED) is 0.598. The van der Waals surface area contributed by atoms with Gasteiger partial charge < -0.3 is 9.47 Å². The summed E-state index contributed by atoms with van der Waals surface area (Å²) in [6.45, 7) is 5.70. The van der Waals surface area contributed by atoms with Gasteiger partial charge in [-0.1, -0.05) is 0 Å². The number of hydrogen-bond donors (Lipinski definition) is 2. The minimum Gasteiger partial charge on any atom is -0.377 e. The number of thioether (sulfide) groups is 1. The lowest BCUT2D eigenvalue weighted by Gasteiger charge is -2.45. The number of hydrazine groups is 1. The third-order valence-electron chi connectivity index (χ3n) is 4.33. The second-order valence-corrected chi connectivity index (χ2v) is 7.28. The van der Waals surface area contributed by atoms with Crippen LogP contribution >= 0.6 is 11.8 Å². The van der Waals surface area contributed by atoms with Crippen LogP contribution in [0.15, 0.2) is 0 Å². The average Bonchev–Trinajstić information content (AvgIpc) is 2.40. The first-order valence-corrected chi connectivity index (χ1v) is 8.60. The Labute approximate surface area is 121 Å². The van der Waals surface area contributed by atoms with Crippen molar-refractivity contribution in [3.8, 4) is 0 Å². The summed E-state index contributed by atoms with van der Waals surface area (Å²) in [5.74, 6) is 8.77. The summed E-state index contributed by atoms with van der Waals surface area (Å²) in [7, 11) is 0. The SMILES string of the molecule is CC(C)OCC(NN)C1CCOC2(CCSCC2)C1. The Hall–Kier alpha value is 0.190. The molecule has 112 valence electrons. The highest BCUT2D eigenvalue weighted by Crippen LogP contribution is 2.40. The highest BCUT2D eigenvalue weighted by molar-refractivity contribution is 7.99. The van der Waals surface area contributed by atoms with E-state index in [1.165, 1.54) is 24.3 Å². The molecule has 19 heavy (non-hydrogen) atoms. The zero-order valence-corrected chi connectivity index (χ0v) is 13.0. The van der Waals surface area contributed by atoms with E-state index in [4.69, 9.17) is 15.3 Å². The predicted octanol–water partition coefficient (Wildman–Crippen LogP) is 1.94. The summed E-state index contributed by atoms with van der Waals surface area (Å²) in [5, 5.41) is 0. The number of nitrogens with one attached hydrogen (secondary N) is 1. The Bertz CT molecular complexity index is 265. The van der Waals surface area contributed by atoms with Crippen LogP contribution < -0.4 is 11.3 Å². The lowest BCUT2D eigenvalue weighted by Crippen LogP contribution is -2.51. The second kappa shape index (κ2) is 7.27. The molecule has 0 bridgehead atoms. The predicted molar refractivity (Wildman–Crippen MR) is 80.2 cm³/mol. The van der Waals surface area contributed by atoms with Crippen molar-refractivity contribution in [1.29, 1.82) is 0 Å². The standard InChI is InChI=1S/C14H28N2O2S/c1-11(2)17-10-13(16-15)12-3-6-18-14(9-12)4-7-19-8-5-14/h11-13,16H,3-10,15H2,1-2H3. The lowest BCUT2D eigenvalue weighted by molar-refractivity contribution is -0.111. The van der Waals surface area contributed by atoms with Gasteiger partial charge in [-0.05, 0) is 57.0 Å². The van der Waals surface area contributed by atoms with Crippen molar-refractivity contribution in [1.82, 2.24) is 5.43 Å². The topological polar surface area (TPSA) is 56.5 Å². The van der Waals surface area contributed by atoms with Crippen LogP contribution in [-0.4, -0.2) is 42.5 Å². The average molecular weight is 288 g/mol. The highest BCUT2D eigenvalue weighted by atomic mass is 32.2. The molecule has 0 saturated carbocycles. The van der Waals surface area contributed by atoms with Crippen molar-refractivity contribution in [2.75, 3.05) is 24.7 Å². The number of ether oxygens (including phenoxy) is 2. The molecule has 2 rings (SSSR count). The first kappa shape index (κ1) is 15.6. The van der Waals surface area contributed by atoms with Crippen LogP contribution in [0.25, 0.3) is 0 Å². The molecule has 4 nitrogen and oxygen atoms in total. The molecular weight excluding hydrogens is 260 g/mol. The van der Waals surface area contributed by atoms with E-state index in [9.17, 15) is 0 Å². The minimum atomic E-state index is 0.126. The summed E-state index contributed by atoms with van der Waals surface area (Å²) in [5.41, 5.74) is 3.09. The zero-order chi connectivity index (χ0) is 13.7. The smallest absolute Gasteiger partial charge is 0.0701 e. The highest BCUT2D eigenvalue weighted by Gasteiger charge is 2.40. The van der Waals surface area contributed by atoms with Crippen LogP contribution in [0.5, 0.6) is 0 Å². The van der Waals surface area contributed by atoms with Crippen molar-refractivity contribution in [3.05, 3.63) is 0 Å². The Morgan fingerprint density at radius 3 is 2.79 bits per heavy atom. The van der Waals surface area contributed by atoms with Crippen molar-refractivity contribution in [2.24, 2.45) is 11.8 Å². The van der Waals surface area contributed by atoms with E-state index in [1.54, 1.807) is 0 Å². The first-order valence-electron chi connectivity index (χ1n) is 7.45. The molecule has 2 unspecified atom stereocenters. The van der Waals surface area contributed by atoms with Gasteiger partial charge in [-0.2, -0.15) is 11.8 Å². The van der Waals surface area contributed by atoms with E-state index in [-0.39, 0.29) is 17.7 Å². The minimum absolute atomic E-state index is 0.126. The van der Waals surface area contributed by atoms with Gasteiger partial charge in [0.15, 0.2) is 0 Å². The van der Waals surface area contributed by atoms with Crippen molar-refractivity contribution in [2.45, 2.75) is 57.3 Å². The van der Waals surface area contributed by atoms with Gasteiger partial charge >= 0.3 is 0 Å². The van der Waals surface area contributed by atoms with E-state index < -0.39 is 0 Å². The summed E-state index contributed by atoms with van der Waals surface area (Å²) in [6, 6.07) is 0.248. The van der Waals surface area contributed by atoms with Crippen molar-refractivity contribution >= 4 is 11.8 Å².